The molecule has 0 atom stereocenters. The van der Waals surface area contributed by atoms with E-state index >= 15 is 0 Å². The summed E-state index contributed by atoms with van der Waals surface area (Å²) in [5, 5.41) is 0. The summed E-state index contributed by atoms with van der Waals surface area (Å²) in [5.74, 6) is 0.974. The van der Waals surface area contributed by atoms with Crippen LogP contribution in [0.3, 0.4) is 0 Å². The van der Waals surface area contributed by atoms with Gasteiger partial charge in [-0.15, -0.1) is 0 Å². The van der Waals surface area contributed by atoms with Crippen LogP contribution in [0.15, 0.2) is 48.5 Å². The molecule has 0 aromatic heterocycles. The quantitative estimate of drug-likeness (QED) is 0.755. The molecule has 0 saturated carbocycles. The minimum atomic E-state index is 0.602. The number of piperidine rings is 1. The molecule has 4 rings (SSSR count). The standard InChI is InChI=1S/C24H32N2O2/c1-25-11-9-23(10-12-25)26-13-14-27-15-16-28-24-8-3-2-7-22(24)18-20-5-4-6-21(17-20)19-26/h2-8,17,23H,9-16,18-19H2,1H3. The van der Waals surface area contributed by atoms with Crippen molar-refractivity contribution in [2.24, 2.45) is 0 Å². The van der Waals surface area contributed by atoms with Crippen LogP contribution >= 0.6 is 0 Å². The van der Waals surface area contributed by atoms with E-state index in [1.54, 1.807) is 0 Å². The van der Waals surface area contributed by atoms with E-state index in [2.05, 4.69) is 59.3 Å². The number of ether oxygens (including phenoxy) is 2. The number of fused-ring (bicyclic) bond motifs is 3. The lowest BCUT2D eigenvalue weighted by Crippen LogP contribution is -2.44. The van der Waals surface area contributed by atoms with E-state index < -0.39 is 0 Å². The van der Waals surface area contributed by atoms with Crippen LogP contribution in [0.4, 0.5) is 0 Å². The second-order valence-corrected chi connectivity index (χ2v) is 8.07. The Morgan fingerprint density at radius 1 is 0.857 bits per heavy atom. The molecule has 0 amide bonds. The highest BCUT2D eigenvalue weighted by Gasteiger charge is 2.23. The minimum Gasteiger partial charge on any atom is -0.491 e. The SMILES string of the molecule is CN1CCC(N2CCOCCOc3ccccc3Cc3cccc(c3)C2)CC1. The third-order valence-corrected chi connectivity index (χ3v) is 5.96. The molecule has 2 aliphatic rings. The monoisotopic (exact) mass is 380 g/mol. The molecule has 2 heterocycles. The first-order valence-corrected chi connectivity index (χ1v) is 10.6. The second kappa shape index (κ2) is 9.55. The van der Waals surface area contributed by atoms with Crippen molar-refractivity contribution in [1.82, 2.24) is 9.80 Å². The zero-order valence-corrected chi connectivity index (χ0v) is 17.0. The summed E-state index contributed by atoms with van der Waals surface area (Å²) < 4.78 is 11.9. The van der Waals surface area contributed by atoms with Crippen molar-refractivity contribution >= 4 is 0 Å². The van der Waals surface area contributed by atoms with Crippen LogP contribution in [-0.2, 0) is 17.7 Å². The number of rotatable bonds is 1. The van der Waals surface area contributed by atoms with Crippen molar-refractivity contribution in [2.45, 2.75) is 31.8 Å². The summed E-state index contributed by atoms with van der Waals surface area (Å²) in [5.41, 5.74) is 3.99. The summed E-state index contributed by atoms with van der Waals surface area (Å²) in [6.07, 6.45) is 3.39. The first-order valence-electron chi connectivity index (χ1n) is 10.6. The zero-order chi connectivity index (χ0) is 19.2. The normalized spacial score (nSPS) is 20.8. The summed E-state index contributed by atoms with van der Waals surface area (Å²) in [6.45, 7) is 6.36. The third kappa shape index (κ3) is 5.13. The van der Waals surface area contributed by atoms with Gasteiger partial charge in [0.25, 0.3) is 0 Å². The van der Waals surface area contributed by atoms with Crippen LogP contribution in [0.1, 0.15) is 29.5 Å². The zero-order valence-electron chi connectivity index (χ0n) is 17.0. The lowest BCUT2D eigenvalue weighted by molar-refractivity contribution is 0.0504. The summed E-state index contributed by atoms with van der Waals surface area (Å²) in [6, 6.07) is 18.1. The smallest absolute Gasteiger partial charge is 0.122 e. The minimum absolute atomic E-state index is 0.602. The molecule has 0 aliphatic carbocycles. The van der Waals surface area contributed by atoms with Gasteiger partial charge in [-0.2, -0.15) is 0 Å². The maximum atomic E-state index is 6.02. The molecule has 4 nitrogen and oxygen atoms in total. The van der Waals surface area contributed by atoms with E-state index in [0.29, 0.717) is 19.3 Å². The van der Waals surface area contributed by atoms with Crippen molar-refractivity contribution < 1.29 is 9.47 Å². The van der Waals surface area contributed by atoms with Gasteiger partial charge in [-0.1, -0.05) is 42.5 Å². The van der Waals surface area contributed by atoms with Gasteiger partial charge in [-0.05, 0) is 55.7 Å². The van der Waals surface area contributed by atoms with Crippen LogP contribution in [-0.4, -0.2) is 62.3 Å². The van der Waals surface area contributed by atoms with Crippen LogP contribution < -0.4 is 4.74 Å². The fourth-order valence-corrected chi connectivity index (χ4v) is 4.33. The van der Waals surface area contributed by atoms with Crippen LogP contribution in [0, 0.1) is 0 Å². The average molecular weight is 381 g/mol. The average Bonchev–Trinajstić information content (AvgIpc) is 2.71. The van der Waals surface area contributed by atoms with Gasteiger partial charge in [0.05, 0.1) is 13.2 Å². The molecule has 0 unspecified atom stereocenters. The molecule has 2 bridgehead atoms. The van der Waals surface area contributed by atoms with E-state index in [9.17, 15) is 0 Å². The van der Waals surface area contributed by atoms with Gasteiger partial charge in [-0.25, -0.2) is 0 Å². The molecule has 2 aromatic rings. The van der Waals surface area contributed by atoms with Gasteiger partial charge in [0.15, 0.2) is 0 Å². The second-order valence-electron chi connectivity index (χ2n) is 8.07. The van der Waals surface area contributed by atoms with E-state index in [4.69, 9.17) is 9.47 Å². The number of hydrogen-bond acceptors (Lipinski definition) is 4. The Morgan fingerprint density at radius 3 is 2.57 bits per heavy atom. The molecule has 0 spiro atoms. The predicted octanol–water partition coefficient (Wildman–Crippen LogP) is 3.58. The lowest BCUT2D eigenvalue weighted by Gasteiger charge is -2.37. The summed E-state index contributed by atoms with van der Waals surface area (Å²) in [7, 11) is 2.23. The molecule has 0 N–H and O–H groups in total. The van der Waals surface area contributed by atoms with Gasteiger partial charge in [0.1, 0.15) is 12.4 Å². The molecule has 150 valence electrons. The highest BCUT2D eigenvalue weighted by atomic mass is 16.5. The molecule has 2 aromatic carbocycles. The molecule has 28 heavy (non-hydrogen) atoms. The molecule has 0 radical (unpaired) electrons. The van der Waals surface area contributed by atoms with Crippen molar-refractivity contribution in [3.63, 3.8) is 0 Å². The lowest BCUT2D eigenvalue weighted by atomic mass is 10.00. The van der Waals surface area contributed by atoms with Crippen LogP contribution in [0.5, 0.6) is 5.75 Å². The number of nitrogens with zero attached hydrogens (tertiary/aromatic N) is 2. The summed E-state index contributed by atoms with van der Waals surface area (Å²) >= 11 is 0. The first-order chi connectivity index (χ1) is 13.8. The first kappa shape index (κ1) is 19.4. The van der Waals surface area contributed by atoms with Crippen LogP contribution in [0.25, 0.3) is 0 Å². The van der Waals surface area contributed by atoms with Crippen molar-refractivity contribution in [3.8, 4) is 5.75 Å². The largest absolute Gasteiger partial charge is 0.491 e. The fourth-order valence-electron chi connectivity index (χ4n) is 4.33. The van der Waals surface area contributed by atoms with Crippen molar-refractivity contribution in [3.05, 3.63) is 65.2 Å². The Balaban J connectivity index is 1.55. The van der Waals surface area contributed by atoms with Gasteiger partial charge in [0.2, 0.25) is 0 Å². The Morgan fingerprint density at radius 2 is 1.68 bits per heavy atom. The van der Waals surface area contributed by atoms with Gasteiger partial charge < -0.3 is 14.4 Å². The molecule has 1 saturated heterocycles. The van der Waals surface area contributed by atoms with E-state index in [-0.39, 0.29) is 0 Å². The topological polar surface area (TPSA) is 24.9 Å². The third-order valence-electron chi connectivity index (χ3n) is 5.96. The Bertz CT molecular complexity index is 756. The highest BCUT2D eigenvalue weighted by molar-refractivity contribution is 5.38. The number of benzene rings is 2. The number of hydrogen-bond donors (Lipinski definition) is 0. The van der Waals surface area contributed by atoms with Gasteiger partial charge >= 0.3 is 0 Å². The molecule has 1 fully saturated rings. The number of para-hydroxylation sites is 1. The molecule has 2 aliphatic heterocycles. The maximum Gasteiger partial charge on any atom is 0.122 e. The van der Waals surface area contributed by atoms with Gasteiger partial charge in [-0.3, -0.25) is 4.90 Å². The van der Waals surface area contributed by atoms with Crippen molar-refractivity contribution in [2.75, 3.05) is 46.5 Å². The maximum absolute atomic E-state index is 6.02. The fraction of sp³-hybridized carbons (Fsp3) is 0.500. The van der Waals surface area contributed by atoms with E-state index in [1.807, 2.05) is 6.07 Å². The molecular weight excluding hydrogens is 348 g/mol. The highest BCUT2D eigenvalue weighted by Crippen LogP contribution is 2.23. The summed E-state index contributed by atoms with van der Waals surface area (Å²) in [4.78, 5) is 5.07. The van der Waals surface area contributed by atoms with Crippen LogP contribution in [0.2, 0.25) is 0 Å². The molecular formula is C24H32N2O2. The van der Waals surface area contributed by atoms with E-state index in [1.165, 1.54) is 42.6 Å². The van der Waals surface area contributed by atoms with Gasteiger partial charge in [0, 0.05) is 25.6 Å². The Kier molecular flexibility index (Phi) is 6.63. The predicted molar refractivity (Wildman–Crippen MR) is 113 cm³/mol. The van der Waals surface area contributed by atoms with Crippen molar-refractivity contribution in [1.29, 1.82) is 0 Å². The Hall–Kier alpha value is -1.88. The number of likely N-dealkylation sites (tertiary alicyclic amines) is 1. The Labute approximate surface area is 169 Å². The van der Waals surface area contributed by atoms with E-state index in [0.717, 1.165) is 31.9 Å². The molecule has 4 heteroatoms.